The molecule has 0 spiro atoms. The quantitative estimate of drug-likeness (QED) is 0.733. The average Bonchev–Trinajstić information content (AvgIpc) is 3.05. The summed E-state index contributed by atoms with van der Waals surface area (Å²) < 4.78 is 18.3. The molecule has 1 amide bonds. The number of anilines is 1. The summed E-state index contributed by atoms with van der Waals surface area (Å²) in [4.78, 5) is 16.2. The van der Waals surface area contributed by atoms with Gasteiger partial charge in [-0.1, -0.05) is 30.3 Å². The normalized spacial score (nSPS) is 10.5. The van der Waals surface area contributed by atoms with Gasteiger partial charge in [-0.2, -0.15) is 0 Å². The van der Waals surface area contributed by atoms with E-state index in [1.807, 2.05) is 35.7 Å². The first kappa shape index (κ1) is 16.3. The molecule has 0 saturated heterocycles. The SMILES string of the molecule is O=C(COCc1ccccc1)Nc1nc(-c2ccc(F)cc2)cs1. The van der Waals surface area contributed by atoms with Gasteiger partial charge in [0.2, 0.25) is 0 Å². The highest BCUT2D eigenvalue weighted by molar-refractivity contribution is 7.14. The van der Waals surface area contributed by atoms with Crippen molar-refractivity contribution in [3.8, 4) is 11.3 Å². The van der Waals surface area contributed by atoms with Gasteiger partial charge in [0, 0.05) is 10.9 Å². The third kappa shape index (κ3) is 4.47. The summed E-state index contributed by atoms with van der Waals surface area (Å²) in [5, 5.41) is 5.00. The van der Waals surface area contributed by atoms with Gasteiger partial charge in [-0.15, -0.1) is 11.3 Å². The minimum atomic E-state index is -0.293. The number of amides is 1. The van der Waals surface area contributed by atoms with Gasteiger partial charge >= 0.3 is 0 Å². The molecule has 0 radical (unpaired) electrons. The number of ether oxygens (including phenoxy) is 1. The molecule has 0 aliphatic rings. The number of nitrogens with zero attached hydrogens (tertiary/aromatic N) is 1. The van der Waals surface area contributed by atoms with Crippen LogP contribution in [0.5, 0.6) is 0 Å². The van der Waals surface area contributed by atoms with Crippen molar-refractivity contribution in [2.75, 3.05) is 11.9 Å². The topological polar surface area (TPSA) is 51.2 Å². The molecule has 0 saturated carbocycles. The van der Waals surface area contributed by atoms with Crippen LogP contribution in [0.4, 0.5) is 9.52 Å². The lowest BCUT2D eigenvalue weighted by atomic mass is 10.2. The van der Waals surface area contributed by atoms with E-state index >= 15 is 0 Å². The molecular formula is C18H15FN2O2S. The highest BCUT2D eigenvalue weighted by Gasteiger charge is 2.08. The molecule has 24 heavy (non-hydrogen) atoms. The molecule has 1 N–H and O–H groups in total. The Bertz CT molecular complexity index is 803. The molecule has 0 aliphatic carbocycles. The van der Waals surface area contributed by atoms with Crippen LogP contribution in [0.3, 0.4) is 0 Å². The predicted octanol–water partition coefficient (Wildman–Crippen LogP) is 4.10. The van der Waals surface area contributed by atoms with Gasteiger partial charge in [0.15, 0.2) is 5.13 Å². The fourth-order valence-electron chi connectivity index (χ4n) is 2.08. The number of rotatable bonds is 6. The molecule has 3 aromatic rings. The Morgan fingerprint density at radius 2 is 1.88 bits per heavy atom. The zero-order chi connectivity index (χ0) is 16.8. The lowest BCUT2D eigenvalue weighted by molar-refractivity contribution is -0.121. The summed E-state index contributed by atoms with van der Waals surface area (Å²) in [5.74, 6) is -0.552. The van der Waals surface area contributed by atoms with Crippen molar-refractivity contribution < 1.29 is 13.9 Å². The van der Waals surface area contributed by atoms with Gasteiger partial charge in [0.25, 0.3) is 5.91 Å². The standard InChI is InChI=1S/C18H15FN2O2S/c19-15-8-6-14(7-9-15)16-12-24-18(20-16)21-17(22)11-23-10-13-4-2-1-3-5-13/h1-9,12H,10-11H2,(H,20,21,22). The van der Waals surface area contributed by atoms with Gasteiger partial charge in [0.1, 0.15) is 12.4 Å². The molecule has 1 heterocycles. The van der Waals surface area contributed by atoms with E-state index in [9.17, 15) is 9.18 Å². The zero-order valence-corrected chi connectivity index (χ0v) is 13.6. The fourth-order valence-corrected chi connectivity index (χ4v) is 2.81. The van der Waals surface area contributed by atoms with Gasteiger partial charge in [-0.25, -0.2) is 9.37 Å². The molecule has 2 aromatic carbocycles. The molecule has 1 aromatic heterocycles. The van der Waals surface area contributed by atoms with Gasteiger partial charge in [0.05, 0.1) is 12.3 Å². The molecule has 0 aliphatic heterocycles. The molecule has 3 rings (SSSR count). The molecule has 122 valence electrons. The number of benzene rings is 2. The number of thiazole rings is 1. The number of aromatic nitrogens is 1. The Balaban J connectivity index is 1.51. The summed E-state index contributed by atoms with van der Waals surface area (Å²) in [6.07, 6.45) is 0. The molecule has 0 bridgehead atoms. The van der Waals surface area contributed by atoms with Crippen molar-refractivity contribution in [2.45, 2.75) is 6.61 Å². The lowest BCUT2D eigenvalue weighted by Gasteiger charge is -2.04. The summed E-state index contributed by atoms with van der Waals surface area (Å²) in [5.41, 5.74) is 2.51. The van der Waals surface area contributed by atoms with Crippen LogP contribution in [0.15, 0.2) is 60.0 Å². The predicted molar refractivity (Wildman–Crippen MR) is 92.2 cm³/mol. The number of hydrogen-bond donors (Lipinski definition) is 1. The van der Waals surface area contributed by atoms with Crippen LogP contribution < -0.4 is 5.32 Å². The average molecular weight is 342 g/mol. The maximum Gasteiger partial charge on any atom is 0.252 e. The van der Waals surface area contributed by atoms with Crippen LogP contribution in [0.25, 0.3) is 11.3 Å². The van der Waals surface area contributed by atoms with Crippen LogP contribution in [0.1, 0.15) is 5.56 Å². The molecule has 0 atom stereocenters. The maximum absolute atomic E-state index is 12.9. The van der Waals surface area contributed by atoms with Crippen LogP contribution in [-0.4, -0.2) is 17.5 Å². The number of carbonyl (C=O) groups excluding carboxylic acids is 1. The highest BCUT2D eigenvalue weighted by Crippen LogP contribution is 2.24. The monoisotopic (exact) mass is 342 g/mol. The van der Waals surface area contributed by atoms with Gasteiger partial charge in [-0.3, -0.25) is 10.1 Å². The lowest BCUT2D eigenvalue weighted by Crippen LogP contribution is -2.18. The number of hydrogen-bond acceptors (Lipinski definition) is 4. The third-order valence-electron chi connectivity index (χ3n) is 3.24. The summed E-state index contributed by atoms with van der Waals surface area (Å²) in [6.45, 7) is 0.341. The second-order valence-corrected chi connectivity index (χ2v) is 5.93. The number of carbonyl (C=O) groups is 1. The first-order valence-electron chi connectivity index (χ1n) is 7.34. The fraction of sp³-hybridized carbons (Fsp3) is 0.111. The Kier molecular flexibility index (Phi) is 5.30. The second-order valence-electron chi connectivity index (χ2n) is 5.07. The Hall–Kier alpha value is -2.57. The minimum absolute atomic E-state index is 0.0413. The van der Waals surface area contributed by atoms with Gasteiger partial charge < -0.3 is 4.74 Å². The zero-order valence-electron chi connectivity index (χ0n) is 12.7. The largest absolute Gasteiger partial charge is 0.367 e. The molecule has 6 heteroatoms. The molecule has 0 fully saturated rings. The van der Waals surface area contributed by atoms with Crippen LogP contribution in [0.2, 0.25) is 0 Å². The van der Waals surface area contributed by atoms with Crippen LogP contribution >= 0.6 is 11.3 Å². The van der Waals surface area contributed by atoms with Crippen molar-refractivity contribution >= 4 is 22.4 Å². The van der Waals surface area contributed by atoms with E-state index in [4.69, 9.17) is 4.74 Å². The van der Waals surface area contributed by atoms with E-state index in [2.05, 4.69) is 10.3 Å². The number of halogens is 1. The van der Waals surface area contributed by atoms with Crippen LogP contribution in [0, 0.1) is 5.82 Å². The second kappa shape index (κ2) is 7.81. The van der Waals surface area contributed by atoms with E-state index in [1.165, 1.54) is 23.5 Å². The van der Waals surface area contributed by atoms with Crippen molar-refractivity contribution in [3.63, 3.8) is 0 Å². The van der Waals surface area contributed by atoms with E-state index in [0.717, 1.165) is 11.1 Å². The van der Waals surface area contributed by atoms with E-state index < -0.39 is 0 Å². The van der Waals surface area contributed by atoms with Crippen molar-refractivity contribution in [1.82, 2.24) is 4.98 Å². The summed E-state index contributed by atoms with van der Waals surface area (Å²) in [7, 11) is 0. The number of nitrogens with one attached hydrogen (secondary N) is 1. The summed E-state index contributed by atoms with van der Waals surface area (Å²) in [6, 6.07) is 15.7. The van der Waals surface area contributed by atoms with E-state index in [-0.39, 0.29) is 18.3 Å². The van der Waals surface area contributed by atoms with Crippen molar-refractivity contribution in [3.05, 3.63) is 71.4 Å². The molecule has 4 nitrogen and oxygen atoms in total. The van der Waals surface area contributed by atoms with Gasteiger partial charge in [-0.05, 0) is 29.8 Å². The smallest absolute Gasteiger partial charge is 0.252 e. The first-order valence-corrected chi connectivity index (χ1v) is 8.21. The van der Waals surface area contributed by atoms with E-state index in [1.54, 1.807) is 12.1 Å². The third-order valence-corrected chi connectivity index (χ3v) is 3.99. The van der Waals surface area contributed by atoms with Crippen molar-refractivity contribution in [1.29, 1.82) is 0 Å². The highest BCUT2D eigenvalue weighted by atomic mass is 32.1. The maximum atomic E-state index is 12.9. The van der Waals surface area contributed by atoms with E-state index in [0.29, 0.717) is 17.4 Å². The minimum Gasteiger partial charge on any atom is -0.367 e. The van der Waals surface area contributed by atoms with Crippen molar-refractivity contribution in [2.24, 2.45) is 0 Å². The Morgan fingerprint density at radius 3 is 2.62 bits per heavy atom. The Morgan fingerprint density at radius 1 is 1.12 bits per heavy atom. The first-order chi connectivity index (χ1) is 11.7. The molecule has 0 unspecified atom stereocenters. The van der Waals surface area contributed by atoms with Crippen LogP contribution in [-0.2, 0) is 16.1 Å². The Labute approximate surface area is 142 Å². The molecular weight excluding hydrogens is 327 g/mol. The summed E-state index contributed by atoms with van der Waals surface area (Å²) >= 11 is 1.31.